The molecule has 3 aliphatic rings. The Morgan fingerprint density at radius 2 is 2.00 bits per heavy atom. The van der Waals surface area contributed by atoms with E-state index in [-0.39, 0.29) is 29.8 Å². The number of ether oxygens (including phenoxy) is 3. The summed E-state index contributed by atoms with van der Waals surface area (Å²) in [5, 5.41) is 3.03. The lowest BCUT2D eigenvalue weighted by atomic mass is 9.96. The van der Waals surface area contributed by atoms with Crippen LogP contribution in [0, 0.1) is 11.8 Å². The third-order valence-corrected chi connectivity index (χ3v) is 6.17. The molecule has 1 aromatic rings. The summed E-state index contributed by atoms with van der Waals surface area (Å²) >= 11 is 0. The van der Waals surface area contributed by atoms with Crippen LogP contribution in [0.2, 0.25) is 0 Å². The lowest BCUT2D eigenvalue weighted by Crippen LogP contribution is -2.45. The molecule has 0 aromatic heterocycles. The van der Waals surface area contributed by atoms with E-state index in [0.717, 1.165) is 57.2 Å². The van der Waals surface area contributed by atoms with Crippen LogP contribution in [0.15, 0.2) is 18.2 Å². The molecule has 1 aliphatic carbocycles. The van der Waals surface area contributed by atoms with Gasteiger partial charge in [-0.1, -0.05) is 6.07 Å². The first-order valence-corrected chi connectivity index (χ1v) is 11.1. The van der Waals surface area contributed by atoms with E-state index in [4.69, 9.17) is 14.2 Å². The van der Waals surface area contributed by atoms with Crippen molar-refractivity contribution in [3.8, 4) is 11.5 Å². The average Bonchev–Trinajstić information content (AvgIpc) is 3.51. The molecule has 0 radical (unpaired) electrons. The van der Waals surface area contributed by atoms with Gasteiger partial charge in [-0.15, -0.1) is 0 Å². The number of nitrogens with zero attached hydrogens (tertiary/aromatic N) is 1. The Bertz CT molecular complexity index is 758. The first-order valence-electron chi connectivity index (χ1n) is 11.1. The highest BCUT2D eigenvalue weighted by Gasteiger charge is 2.36. The molecule has 1 N–H and O–H groups in total. The Morgan fingerprint density at radius 1 is 1.13 bits per heavy atom. The van der Waals surface area contributed by atoms with Gasteiger partial charge in [-0.3, -0.25) is 9.59 Å². The van der Waals surface area contributed by atoms with Crippen LogP contribution >= 0.6 is 0 Å². The highest BCUT2D eigenvalue weighted by Crippen LogP contribution is 2.33. The Morgan fingerprint density at radius 3 is 2.73 bits per heavy atom. The zero-order chi connectivity index (χ0) is 20.9. The van der Waals surface area contributed by atoms with E-state index in [0.29, 0.717) is 31.2 Å². The van der Waals surface area contributed by atoms with E-state index in [2.05, 4.69) is 5.32 Å². The summed E-state index contributed by atoms with van der Waals surface area (Å²) in [4.78, 5) is 26.9. The minimum atomic E-state index is -0.127. The maximum Gasteiger partial charge on any atom is 0.225 e. The average molecular weight is 417 g/mol. The summed E-state index contributed by atoms with van der Waals surface area (Å²) in [7, 11) is 1.62. The smallest absolute Gasteiger partial charge is 0.225 e. The molecule has 4 rings (SSSR count). The first-order chi connectivity index (χ1) is 14.6. The van der Waals surface area contributed by atoms with Gasteiger partial charge in [0.1, 0.15) is 6.61 Å². The number of piperidine rings is 1. The van der Waals surface area contributed by atoms with E-state index in [1.807, 2.05) is 23.1 Å². The minimum Gasteiger partial charge on any atom is -0.493 e. The van der Waals surface area contributed by atoms with Gasteiger partial charge in [-0.05, 0) is 56.2 Å². The molecule has 2 amide bonds. The Hall–Kier alpha value is -2.28. The molecule has 7 heteroatoms. The second-order valence-electron chi connectivity index (χ2n) is 8.55. The Labute approximate surface area is 178 Å². The molecule has 1 aromatic carbocycles. The molecule has 2 atom stereocenters. The van der Waals surface area contributed by atoms with Crippen molar-refractivity contribution in [2.24, 2.45) is 11.8 Å². The Balaban J connectivity index is 1.28. The van der Waals surface area contributed by atoms with Crippen molar-refractivity contribution >= 4 is 11.8 Å². The zero-order valence-electron chi connectivity index (χ0n) is 17.7. The number of nitrogens with one attached hydrogen (secondary N) is 1. The second kappa shape index (κ2) is 9.69. The van der Waals surface area contributed by atoms with E-state index < -0.39 is 0 Å². The van der Waals surface area contributed by atoms with E-state index in [1.54, 1.807) is 7.11 Å². The van der Waals surface area contributed by atoms with Gasteiger partial charge in [0.2, 0.25) is 11.8 Å². The normalized spacial score (nSPS) is 23.8. The summed E-state index contributed by atoms with van der Waals surface area (Å²) in [6.45, 7) is 3.07. The molecule has 3 fully saturated rings. The molecule has 2 saturated heterocycles. The summed E-state index contributed by atoms with van der Waals surface area (Å²) < 4.78 is 16.9. The maximum atomic E-state index is 12.7. The van der Waals surface area contributed by atoms with Crippen molar-refractivity contribution in [3.05, 3.63) is 23.8 Å². The van der Waals surface area contributed by atoms with E-state index in [1.165, 1.54) is 0 Å². The molecule has 7 nitrogen and oxygen atoms in total. The van der Waals surface area contributed by atoms with Crippen LogP contribution in [0.25, 0.3) is 0 Å². The summed E-state index contributed by atoms with van der Waals surface area (Å²) in [5.74, 6) is 1.66. The SMILES string of the molecule is COc1cc(CNC(=O)C2CCCN(C(=O)C3CC3)C2)ccc1OCC1CCCO1. The van der Waals surface area contributed by atoms with Crippen LogP contribution in [0.1, 0.15) is 44.1 Å². The molecule has 1 saturated carbocycles. The van der Waals surface area contributed by atoms with Crippen molar-refractivity contribution in [1.29, 1.82) is 0 Å². The molecule has 2 heterocycles. The molecule has 164 valence electrons. The molecule has 2 unspecified atom stereocenters. The van der Waals surface area contributed by atoms with Gasteiger partial charge < -0.3 is 24.4 Å². The van der Waals surface area contributed by atoms with Crippen molar-refractivity contribution in [2.45, 2.75) is 51.2 Å². The van der Waals surface area contributed by atoms with Crippen LogP contribution in [0.3, 0.4) is 0 Å². The largest absolute Gasteiger partial charge is 0.493 e. The Kier molecular flexibility index (Phi) is 6.77. The predicted octanol–water partition coefficient (Wildman–Crippen LogP) is 2.52. The second-order valence-corrected chi connectivity index (χ2v) is 8.55. The monoisotopic (exact) mass is 416 g/mol. The fourth-order valence-corrected chi connectivity index (χ4v) is 4.21. The zero-order valence-corrected chi connectivity index (χ0v) is 17.7. The van der Waals surface area contributed by atoms with Crippen LogP contribution in [-0.4, -0.2) is 56.2 Å². The number of benzene rings is 1. The summed E-state index contributed by atoms with van der Waals surface area (Å²) in [5.41, 5.74) is 0.950. The lowest BCUT2D eigenvalue weighted by Gasteiger charge is -2.32. The number of amides is 2. The number of likely N-dealkylation sites (tertiary alicyclic amines) is 1. The van der Waals surface area contributed by atoms with Gasteiger partial charge in [0, 0.05) is 32.2 Å². The van der Waals surface area contributed by atoms with Crippen LogP contribution in [0.4, 0.5) is 0 Å². The maximum absolute atomic E-state index is 12.7. The number of rotatable bonds is 8. The number of carbonyl (C=O) groups is 2. The molecule has 30 heavy (non-hydrogen) atoms. The highest BCUT2D eigenvalue weighted by atomic mass is 16.5. The van der Waals surface area contributed by atoms with Crippen LogP contribution in [-0.2, 0) is 20.9 Å². The van der Waals surface area contributed by atoms with Crippen molar-refractivity contribution < 1.29 is 23.8 Å². The van der Waals surface area contributed by atoms with Gasteiger partial charge in [-0.25, -0.2) is 0 Å². The van der Waals surface area contributed by atoms with Gasteiger partial charge in [0.15, 0.2) is 11.5 Å². The highest BCUT2D eigenvalue weighted by molar-refractivity contribution is 5.83. The summed E-state index contributed by atoms with van der Waals surface area (Å²) in [6, 6.07) is 5.72. The number of hydrogen-bond acceptors (Lipinski definition) is 5. The van der Waals surface area contributed by atoms with Crippen molar-refractivity contribution in [3.63, 3.8) is 0 Å². The molecule has 2 aliphatic heterocycles. The predicted molar refractivity (Wildman–Crippen MR) is 111 cm³/mol. The fraction of sp³-hybridized carbons (Fsp3) is 0.652. The molecule has 0 bridgehead atoms. The topological polar surface area (TPSA) is 77.1 Å². The van der Waals surface area contributed by atoms with Gasteiger partial charge in [0.05, 0.1) is 19.1 Å². The molecular weight excluding hydrogens is 384 g/mol. The summed E-state index contributed by atoms with van der Waals surface area (Å²) in [6.07, 6.45) is 5.98. The van der Waals surface area contributed by atoms with Gasteiger partial charge in [0.25, 0.3) is 0 Å². The molecular formula is C23H32N2O5. The minimum absolute atomic E-state index is 0.0148. The van der Waals surface area contributed by atoms with E-state index in [9.17, 15) is 9.59 Å². The third kappa shape index (κ3) is 5.25. The van der Waals surface area contributed by atoms with Crippen molar-refractivity contribution in [2.75, 3.05) is 33.4 Å². The van der Waals surface area contributed by atoms with E-state index >= 15 is 0 Å². The number of hydrogen-bond donors (Lipinski definition) is 1. The number of carbonyl (C=O) groups excluding carboxylic acids is 2. The third-order valence-electron chi connectivity index (χ3n) is 6.17. The number of methoxy groups -OCH3 is 1. The van der Waals surface area contributed by atoms with Gasteiger partial charge in [-0.2, -0.15) is 0 Å². The van der Waals surface area contributed by atoms with Crippen LogP contribution in [0.5, 0.6) is 11.5 Å². The standard InChI is InChI=1S/C23H32N2O5/c1-28-21-12-16(6-9-20(21)30-15-19-5-3-11-29-19)13-24-22(26)18-4-2-10-25(14-18)23(27)17-7-8-17/h6,9,12,17-19H,2-5,7-8,10-11,13-15H2,1H3,(H,24,26). The van der Waals surface area contributed by atoms with Crippen LogP contribution < -0.4 is 14.8 Å². The lowest BCUT2D eigenvalue weighted by molar-refractivity contribution is -0.136. The first kappa shape index (κ1) is 21.0. The van der Waals surface area contributed by atoms with Gasteiger partial charge >= 0.3 is 0 Å². The van der Waals surface area contributed by atoms with Crippen molar-refractivity contribution in [1.82, 2.24) is 10.2 Å². The quantitative estimate of drug-likeness (QED) is 0.705. The molecule has 0 spiro atoms. The fourth-order valence-electron chi connectivity index (χ4n) is 4.21.